The molecule has 2 nitrogen and oxygen atoms in total. The van der Waals surface area contributed by atoms with Crippen molar-refractivity contribution in [1.82, 2.24) is 4.98 Å². The Kier molecular flexibility index (Phi) is 4.13. The van der Waals surface area contributed by atoms with Gasteiger partial charge >= 0.3 is 6.18 Å². The molecular weight excluding hydrogens is 385 g/mol. The molecule has 5 heteroatoms. The van der Waals surface area contributed by atoms with Crippen LogP contribution in [0, 0.1) is 0 Å². The Morgan fingerprint density at radius 3 is 2.33 bits per heavy atom. The number of H-pyrrole nitrogens is 1. The minimum Gasteiger partial charge on any atom is -0.361 e. The lowest BCUT2D eigenvalue weighted by atomic mass is 9.89. The summed E-state index contributed by atoms with van der Waals surface area (Å²) in [7, 11) is 1.98. The van der Waals surface area contributed by atoms with Crippen LogP contribution in [0.5, 0.6) is 0 Å². The summed E-state index contributed by atoms with van der Waals surface area (Å²) in [6.07, 6.45) is -0.391. The van der Waals surface area contributed by atoms with Crippen LogP contribution in [0.25, 0.3) is 22.0 Å². The zero-order valence-electron chi connectivity index (χ0n) is 16.2. The molecule has 0 unspecified atom stereocenters. The molecule has 5 rings (SSSR count). The molecule has 0 aliphatic carbocycles. The van der Waals surface area contributed by atoms with Gasteiger partial charge in [0, 0.05) is 34.3 Å². The first-order valence-electron chi connectivity index (χ1n) is 9.59. The van der Waals surface area contributed by atoms with Gasteiger partial charge in [-0.3, -0.25) is 0 Å². The minimum absolute atomic E-state index is 0.651. The first-order valence-corrected chi connectivity index (χ1v) is 9.59. The molecule has 4 aromatic rings. The predicted octanol–water partition coefficient (Wildman–Crippen LogP) is 6.50. The number of hydrogen-bond acceptors (Lipinski definition) is 0. The Morgan fingerprint density at radius 2 is 1.57 bits per heavy atom. The monoisotopic (exact) mass is 403 g/mol. The zero-order chi connectivity index (χ0) is 20.9. The first kappa shape index (κ1) is 18.4. The smallest absolute Gasteiger partial charge is 0.361 e. The van der Waals surface area contributed by atoms with Crippen LogP contribution in [-0.2, 0) is 6.18 Å². The van der Waals surface area contributed by atoms with Crippen LogP contribution in [0.2, 0.25) is 0 Å². The molecule has 2 heterocycles. The number of hydrogen-bond donors (Lipinski definition) is 1. The van der Waals surface area contributed by atoms with E-state index in [1.807, 2.05) is 72.6 Å². The first-order chi connectivity index (χ1) is 14.4. The summed E-state index contributed by atoms with van der Waals surface area (Å²) in [4.78, 5) is 3.29. The molecule has 148 valence electrons. The van der Waals surface area contributed by atoms with Crippen LogP contribution in [0.3, 0.4) is 0 Å². The minimum atomic E-state index is -4.36. The number of fused-ring (bicyclic) bond motifs is 2. The van der Waals surface area contributed by atoms with E-state index < -0.39 is 11.7 Å². The summed E-state index contributed by atoms with van der Waals surface area (Å²) in [5, 5.41) is 1.03. The van der Waals surface area contributed by atoms with Crippen molar-refractivity contribution in [3.05, 3.63) is 101 Å². The number of nitrogens with one attached hydrogen (secondary N) is 1. The van der Waals surface area contributed by atoms with Crippen LogP contribution < -0.4 is 0 Å². The number of para-hydroxylation sites is 2. The van der Waals surface area contributed by atoms with E-state index in [1.165, 1.54) is 0 Å². The Hall–Kier alpha value is -3.60. The number of aromatic amines is 1. The lowest BCUT2D eigenvalue weighted by molar-refractivity contribution is -0.395. The van der Waals surface area contributed by atoms with E-state index in [9.17, 15) is 13.2 Å². The molecule has 0 spiro atoms. The maximum absolute atomic E-state index is 13.1. The van der Waals surface area contributed by atoms with Gasteiger partial charge < -0.3 is 4.98 Å². The van der Waals surface area contributed by atoms with Gasteiger partial charge in [0.1, 0.15) is 7.05 Å². The highest BCUT2D eigenvalue weighted by atomic mass is 19.4. The SMILES string of the molecule is C[N+]1=C/C(=C(\c2ccc(C(F)(F)F)cc2)c2c[nH]c3ccccc23)c2ccccc21. The highest BCUT2D eigenvalue weighted by molar-refractivity contribution is 6.25. The summed E-state index contributed by atoms with van der Waals surface area (Å²) < 4.78 is 41.4. The Labute approximate surface area is 171 Å². The number of nitrogens with zero attached hydrogens (tertiary/aromatic N) is 1. The molecule has 30 heavy (non-hydrogen) atoms. The van der Waals surface area contributed by atoms with Crippen LogP contribution in [-0.4, -0.2) is 22.8 Å². The van der Waals surface area contributed by atoms with E-state index in [0.29, 0.717) is 0 Å². The normalized spacial score (nSPS) is 15.3. The van der Waals surface area contributed by atoms with Crippen molar-refractivity contribution in [2.75, 3.05) is 7.05 Å². The maximum Gasteiger partial charge on any atom is 0.416 e. The molecule has 3 aromatic carbocycles. The average molecular weight is 403 g/mol. The van der Waals surface area contributed by atoms with E-state index in [-0.39, 0.29) is 0 Å². The van der Waals surface area contributed by atoms with Crippen molar-refractivity contribution in [3.63, 3.8) is 0 Å². The second kappa shape index (κ2) is 6.73. The number of aromatic nitrogens is 1. The highest BCUT2D eigenvalue weighted by Crippen LogP contribution is 2.41. The molecule has 0 atom stereocenters. The molecule has 0 saturated carbocycles. The van der Waals surface area contributed by atoms with Crippen molar-refractivity contribution < 1.29 is 17.7 Å². The number of allylic oxidation sites excluding steroid dienone is 1. The molecule has 0 saturated heterocycles. The number of halogens is 3. The third kappa shape index (κ3) is 2.94. The third-order valence-corrected chi connectivity index (χ3v) is 5.53. The Bertz CT molecular complexity index is 1320. The van der Waals surface area contributed by atoms with Crippen molar-refractivity contribution in [3.8, 4) is 0 Å². The highest BCUT2D eigenvalue weighted by Gasteiger charge is 2.31. The van der Waals surface area contributed by atoms with E-state index in [4.69, 9.17) is 0 Å². The summed E-state index contributed by atoms with van der Waals surface area (Å²) >= 11 is 0. The second-order valence-electron chi connectivity index (χ2n) is 7.37. The summed E-state index contributed by atoms with van der Waals surface area (Å²) in [5.74, 6) is 0. The number of rotatable bonds is 2. The Morgan fingerprint density at radius 1 is 0.867 bits per heavy atom. The number of alkyl halides is 3. The molecule has 1 aromatic heterocycles. The van der Waals surface area contributed by atoms with Crippen molar-refractivity contribution in [2.24, 2.45) is 0 Å². The fourth-order valence-electron chi connectivity index (χ4n) is 4.10. The zero-order valence-corrected chi connectivity index (χ0v) is 16.2. The van der Waals surface area contributed by atoms with Gasteiger partial charge in [-0.1, -0.05) is 42.5 Å². The fourth-order valence-corrected chi connectivity index (χ4v) is 4.10. The van der Waals surface area contributed by atoms with E-state index in [0.717, 1.165) is 56.6 Å². The van der Waals surface area contributed by atoms with Gasteiger partial charge in [-0.2, -0.15) is 13.2 Å². The molecule has 1 aliphatic heterocycles. The largest absolute Gasteiger partial charge is 0.416 e. The van der Waals surface area contributed by atoms with Gasteiger partial charge in [0.15, 0.2) is 6.21 Å². The molecular formula is C25H18F3N2+. The van der Waals surface area contributed by atoms with Gasteiger partial charge in [-0.25, -0.2) is 4.58 Å². The topological polar surface area (TPSA) is 18.8 Å². The van der Waals surface area contributed by atoms with Gasteiger partial charge in [0.05, 0.1) is 16.7 Å². The van der Waals surface area contributed by atoms with Gasteiger partial charge in [0.2, 0.25) is 5.69 Å². The molecule has 0 radical (unpaired) electrons. The quantitative estimate of drug-likeness (QED) is 0.368. The van der Waals surface area contributed by atoms with E-state index in [1.54, 1.807) is 12.1 Å². The summed E-state index contributed by atoms with van der Waals surface area (Å²) in [6.45, 7) is 0. The lowest BCUT2D eigenvalue weighted by Crippen LogP contribution is -2.04. The summed E-state index contributed by atoms with van der Waals surface area (Å²) in [6, 6.07) is 21.4. The lowest BCUT2D eigenvalue weighted by Gasteiger charge is -2.12. The van der Waals surface area contributed by atoms with Crippen molar-refractivity contribution in [1.29, 1.82) is 0 Å². The second-order valence-corrected chi connectivity index (χ2v) is 7.37. The van der Waals surface area contributed by atoms with E-state index >= 15 is 0 Å². The van der Waals surface area contributed by atoms with Crippen molar-refractivity contribution in [2.45, 2.75) is 6.18 Å². The van der Waals surface area contributed by atoms with Gasteiger partial charge in [-0.05, 0) is 29.8 Å². The third-order valence-electron chi connectivity index (χ3n) is 5.53. The molecule has 1 N–H and O–H groups in total. The molecule has 0 amide bonds. The van der Waals surface area contributed by atoms with Crippen LogP contribution in [0.1, 0.15) is 22.3 Å². The fraction of sp³-hybridized carbons (Fsp3) is 0.0800. The van der Waals surface area contributed by atoms with Gasteiger partial charge in [-0.15, -0.1) is 0 Å². The molecule has 1 aliphatic rings. The average Bonchev–Trinajstić information content (AvgIpc) is 3.31. The number of benzene rings is 3. The van der Waals surface area contributed by atoms with E-state index in [2.05, 4.69) is 4.98 Å². The predicted molar refractivity (Wildman–Crippen MR) is 114 cm³/mol. The van der Waals surface area contributed by atoms with Crippen LogP contribution >= 0.6 is 0 Å². The van der Waals surface area contributed by atoms with Crippen molar-refractivity contribution >= 4 is 34.0 Å². The van der Waals surface area contributed by atoms with Gasteiger partial charge in [0.25, 0.3) is 0 Å². The molecule has 0 fully saturated rings. The molecule has 0 bridgehead atoms. The maximum atomic E-state index is 13.1. The van der Waals surface area contributed by atoms with Crippen LogP contribution in [0.4, 0.5) is 18.9 Å². The van der Waals surface area contributed by atoms with Crippen LogP contribution in [0.15, 0.2) is 79.0 Å². The Balaban J connectivity index is 1.81. The summed E-state index contributed by atoms with van der Waals surface area (Å²) in [5.41, 5.74) is 6.04. The standard InChI is InChI=1S/C25H17F3N2/c1-30-15-21(19-7-3-5-9-23(19)30)24(16-10-12-17(13-11-16)25(26,27)28)20-14-29-22-8-4-2-6-18(20)22/h2-15H,1H3/p+1.